The van der Waals surface area contributed by atoms with Crippen LogP contribution in [0, 0.1) is 5.82 Å². The van der Waals surface area contributed by atoms with Gasteiger partial charge < -0.3 is 14.7 Å². The molecule has 1 aromatic carbocycles. The molecule has 1 aliphatic rings. The molecule has 5 nitrogen and oxygen atoms in total. The van der Waals surface area contributed by atoms with E-state index in [-0.39, 0.29) is 24.5 Å². The minimum absolute atomic E-state index is 0.180. The molecular formula is C13H14FNO4. The van der Waals surface area contributed by atoms with E-state index >= 15 is 0 Å². The summed E-state index contributed by atoms with van der Waals surface area (Å²) < 4.78 is 18.3. The quantitative estimate of drug-likeness (QED) is 0.891. The Morgan fingerprint density at radius 3 is 2.95 bits per heavy atom. The monoisotopic (exact) mass is 267 g/mol. The first-order chi connectivity index (χ1) is 9.08. The molecule has 1 heterocycles. The van der Waals surface area contributed by atoms with Crippen molar-refractivity contribution in [3.8, 4) is 0 Å². The van der Waals surface area contributed by atoms with Crippen LogP contribution in [0.5, 0.6) is 0 Å². The number of hydrogen-bond donors (Lipinski definition) is 1. The van der Waals surface area contributed by atoms with Crippen molar-refractivity contribution in [2.24, 2.45) is 0 Å². The molecule has 1 saturated heterocycles. The zero-order valence-electron chi connectivity index (χ0n) is 10.2. The zero-order valence-corrected chi connectivity index (χ0v) is 10.2. The summed E-state index contributed by atoms with van der Waals surface area (Å²) >= 11 is 0. The predicted molar refractivity (Wildman–Crippen MR) is 64.3 cm³/mol. The third kappa shape index (κ3) is 3.29. The maximum atomic E-state index is 13.1. The lowest BCUT2D eigenvalue weighted by Crippen LogP contribution is -2.49. The molecule has 1 atom stereocenters. The van der Waals surface area contributed by atoms with Crippen molar-refractivity contribution in [1.29, 1.82) is 0 Å². The number of carboxylic acids is 1. The second-order valence-corrected chi connectivity index (χ2v) is 4.34. The lowest BCUT2D eigenvalue weighted by molar-refractivity contribution is -0.139. The highest BCUT2D eigenvalue weighted by molar-refractivity contribution is 5.94. The minimum Gasteiger partial charge on any atom is -0.481 e. The number of ether oxygens (including phenoxy) is 1. The highest BCUT2D eigenvalue weighted by Gasteiger charge is 2.29. The van der Waals surface area contributed by atoms with E-state index in [2.05, 4.69) is 0 Å². The van der Waals surface area contributed by atoms with Gasteiger partial charge in [-0.05, 0) is 18.2 Å². The summed E-state index contributed by atoms with van der Waals surface area (Å²) in [6, 6.07) is 4.86. The summed E-state index contributed by atoms with van der Waals surface area (Å²) in [7, 11) is 0. The second-order valence-electron chi connectivity index (χ2n) is 4.34. The highest BCUT2D eigenvalue weighted by Crippen LogP contribution is 2.15. The number of carboxylic acid groups (broad SMARTS) is 1. The number of morpholine rings is 1. The maximum absolute atomic E-state index is 13.1. The fraction of sp³-hybridized carbons (Fsp3) is 0.385. The van der Waals surface area contributed by atoms with Gasteiger partial charge in [-0.2, -0.15) is 0 Å². The van der Waals surface area contributed by atoms with Crippen LogP contribution in [0.15, 0.2) is 24.3 Å². The number of amides is 1. The first-order valence-corrected chi connectivity index (χ1v) is 5.94. The molecule has 102 valence electrons. The lowest BCUT2D eigenvalue weighted by Gasteiger charge is -2.34. The van der Waals surface area contributed by atoms with Gasteiger partial charge in [0.1, 0.15) is 5.82 Å². The van der Waals surface area contributed by atoms with Gasteiger partial charge in [0.25, 0.3) is 5.91 Å². The number of carbonyl (C=O) groups excluding carboxylic acids is 1. The van der Waals surface area contributed by atoms with Gasteiger partial charge in [0, 0.05) is 12.1 Å². The van der Waals surface area contributed by atoms with Crippen molar-refractivity contribution < 1.29 is 23.8 Å². The largest absolute Gasteiger partial charge is 0.481 e. The fourth-order valence-electron chi connectivity index (χ4n) is 2.08. The van der Waals surface area contributed by atoms with Crippen molar-refractivity contribution >= 4 is 11.9 Å². The summed E-state index contributed by atoms with van der Waals surface area (Å²) in [6.07, 6.45) is -0.180. The second kappa shape index (κ2) is 5.79. The molecule has 1 fully saturated rings. The molecule has 0 aliphatic carbocycles. The Morgan fingerprint density at radius 2 is 2.26 bits per heavy atom. The smallest absolute Gasteiger partial charge is 0.305 e. The van der Waals surface area contributed by atoms with Crippen molar-refractivity contribution in [1.82, 2.24) is 4.90 Å². The molecule has 1 aromatic rings. The van der Waals surface area contributed by atoms with E-state index in [1.165, 1.54) is 23.1 Å². The molecule has 19 heavy (non-hydrogen) atoms. The maximum Gasteiger partial charge on any atom is 0.305 e. The lowest BCUT2D eigenvalue weighted by atomic mass is 10.1. The summed E-state index contributed by atoms with van der Waals surface area (Å²) in [5, 5.41) is 8.83. The Balaban J connectivity index is 2.17. The highest BCUT2D eigenvalue weighted by atomic mass is 19.1. The van der Waals surface area contributed by atoms with E-state index in [0.29, 0.717) is 13.2 Å². The molecule has 0 bridgehead atoms. The van der Waals surface area contributed by atoms with Crippen LogP contribution in [0.4, 0.5) is 4.39 Å². The van der Waals surface area contributed by atoms with Crippen LogP contribution in [0.3, 0.4) is 0 Å². The molecule has 1 unspecified atom stereocenters. The third-order valence-electron chi connectivity index (χ3n) is 2.97. The van der Waals surface area contributed by atoms with Crippen LogP contribution in [0.1, 0.15) is 16.8 Å². The van der Waals surface area contributed by atoms with Crippen LogP contribution in [-0.4, -0.2) is 47.7 Å². The van der Waals surface area contributed by atoms with Crippen molar-refractivity contribution in [3.05, 3.63) is 35.6 Å². The first-order valence-electron chi connectivity index (χ1n) is 5.94. The molecule has 6 heteroatoms. The van der Waals surface area contributed by atoms with E-state index in [1.54, 1.807) is 0 Å². The Morgan fingerprint density at radius 1 is 1.47 bits per heavy atom. The number of carbonyl (C=O) groups is 2. The Kier molecular flexibility index (Phi) is 4.11. The van der Waals surface area contributed by atoms with Crippen LogP contribution in [-0.2, 0) is 9.53 Å². The Hall–Kier alpha value is -1.95. The normalized spacial score (nSPS) is 19.2. The number of benzene rings is 1. The van der Waals surface area contributed by atoms with Crippen LogP contribution in [0.2, 0.25) is 0 Å². The summed E-state index contributed by atoms with van der Waals surface area (Å²) in [4.78, 5) is 24.5. The SMILES string of the molecule is O=C(O)CC1COCCN1C(=O)c1cccc(F)c1. The van der Waals surface area contributed by atoms with Gasteiger partial charge in [0.15, 0.2) is 0 Å². The predicted octanol–water partition coefficient (Wildman–Crippen LogP) is 1.14. The zero-order chi connectivity index (χ0) is 13.8. The summed E-state index contributed by atoms with van der Waals surface area (Å²) in [5.74, 6) is -1.85. The standard InChI is InChI=1S/C13H14FNO4/c14-10-3-1-2-9(6-10)13(18)15-4-5-19-8-11(15)7-12(16)17/h1-3,6,11H,4-5,7-8H2,(H,16,17). The summed E-state index contributed by atoms with van der Waals surface area (Å²) in [5.41, 5.74) is 0.220. The number of aliphatic carboxylic acids is 1. The number of halogens is 1. The average molecular weight is 267 g/mol. The van der Waals surface area contributed by atoms with Gasteiger partial charge in [0.2, 0.25) is 0 Å². The van der Waals surface area contributed by atoms with Gasteiger partial charge in [-0.1, -0.05) is 6.07 Å². The molecule has 0 spiro atoms. The average Bonchev–Trinajstić information content (AvgIpc) is 2.38. The molecule has 0 radical (unpaired) electrons. The number of rotatable bonds is 3. The fourth-order valence-corrected chi connectivity index (χ4v) is 2.08. The van der Waals surface area contributed by atoms with Gasteiger partial charge in [-0.3, -0.25) is 9.59 Å². The molecule has 1 amide bonds. The molecule has 2 rings (SSSR count). The Bertz CT molecular complexity index is 491. The van der Waals surface area contributed by atoms with Crippen LogP contribution >= 0.6 is 0 Å². The van der Waals surface area contributed by atoms with Crippen molar-refractivity contribution in [3.63, 3.8) is 0 Å². The van der Waals surface area contributed by atoms with E-state index in [1.807, 2.05) is 0 Å². The van der Waals surface area contributed by atoms with Crippen LogP contribution < -0.4 is 0 Å². The van der Waals surface area contributed by atoms with Gasteiger partial charge in [-0.15, -0.1) is 0 Å². The van der Waals surface area contributed by atoms with Crippen molar-refractivity contribution in [2.75, 3.05) is 19.8 Å². The molecule has 0 saturated carbocycles. The van der Waals surface area contributed by atoms with Gasteiger partial charge >= 0.3 is 5.97 Å². The number of nitrogens with zero attached hydrogens (tertiary/aromatic N) is 1. The molecule has 0 aromatic heterocycles. The molecule has 1 aliphatic heterocycles. The topological polar surface area (TPSA) is 66.8 Å². The molecule has 1 N–H and O–H groups in total. The van der Waals surface area contributed by atoms with Crippen LogP contribution in [0.25, 0.3) is 0 Å². The third-order valence-corrected chi connectivity index (χ3v) is 2.97. The van der Waals surface area contributed by atoms with E-state index < -0.39 is 17.8 Å². The summed E-state index contributed by atoms with van der Waals surface area (Å²) in [6.45, 7) is 0.859. The van der Waals surface area contributed by atoms with Crippen molar-refractivity contribution in [2.45, 2.75) is 12.5 Å². The van der Waals surface area contributed by atoms with Gasteiger partial charge in [0.05, 0.1) is 25.7 Å². The first kappa shape index (κ1) is 13.5. The van der Waals surface area contributed by atoms with E-state index in [9.17, 15) is 14.0 Å². The van der Waals surface area contributed by atoms with E-state index in [4.69, 9.17) is 9.84 Å². The minimum atomic E-state index is -0.993. The van der Waals surface area contributed by atoms with E-state index in [0.717, 1.165) is 6.07 Å². The molecular weight excluding hydrogens is 253 g/mol. The number of hydrogen-bond acceptors (Lipinski definition) is 3. The Labute approximate surface area is 109 Å². The van der Waals surface area contributed by atoms with Gasteiger partial charge in [-0.25, -0.2) is 4.39 Å².